The van der Waals surface area contributed by atoms with E-state index in [9.17, 15) is 9.59 Å². The first-order valence-electron chi connectivity index (χ1n) is 6.02. The first kappa shape index (κ1) is 14.2. The number of rotatable bonds is 7. The zero-order valence-electron chi connectivity index (χ0n) is 10.7. The lowest BCUT2D eigenvalue weighted by Gasteiger charge is -2.14. The Bertz CT molecular complexity index is 650. The number of imidazole rings is 1. The second kappa shape index (κ2) is 6.26. The Morgan fingerprint density at radius 3 is 3.10 bits per heavy atom. The van der Waals surface area contributed by atoms with Crippen LogP contribution in [0.2, 0.25) is 0 Å². The van der Waals surface area contributed by atoms with Crippen LogP contribution >= 0.6 is 0 Å². The smallest absolute Gasteiger partial charge is 0.280 e. The molecule has 9 heteroatoms. The fourth-order valence-electron chi connectivity index (χ4n) is 1.73. The van der Waals surface area contributed by atoms with Crippen molar-refractivity contribution in [3.05, 3.63) is 16.7 Å². The van der Waals surface area contributed by atoms with Gasteiger partial charge in [-0.05, 0) is 6.42 Å². The summed E-state index contributed by atoms with van der Waals surface area (Å²) in [5.74, 6) is -0.0103. The van der Waals surface area contributed by atoms with Crippen LogP contribution in [-0.4, -0.2) is 43.6 Å². The van der Waals surface area contributed by atoms with E-state index in [1.165, 1.54) is 10.9 Å². The summed E-state index contributed by atoms with van der Waals surface area (Å²) in [6.45, 7) is -0.146. The second-order valence-corrected chi connectivity index (χ2v) is 4.18. The number of aromatic amines is 1. The number of aromatic nitrogens is 4. The minimum Gasteiger partial charge on any atom is -0.394 e. The molecule has 9 nitrogen and oxygen atoms in total. The van der Waals surface area contributed by atoms with Crippen LogP contribution in [0.15, 0.2) is 11.1 Å². The Labute approximate surface area is 113 Å². The predicted molar refractivity (Wildman–Crippen MR) is 69.8 cm³/mol. The molecule has 0 aliphatic rings. The van der Waals surface area contributed by atoms with E-state index < -0.39 is 11.7 Å². The lowest BCUT2D eigenvalue weighted by atomic mass is 10.2. The molecule has 2 aromatic heterocycles. The molecule has 2 heterocycles. The highest BCUT2D eigenvalue weighted by Gasteiger charge is 2.12. The van der Waals surface area contributed by atoms with Crippen LogP contribution in [0.25, 0.3) is 11.2 Å². The molecule has 20 heavy (non-hydrogen) atoms. The number of carbonyl (C=O) groups is 1. The number of carbonyl (C=O) groups excluding carboxylic acids is 1. The second-order valence-electron chi connectivity index (χ2n) is 4.18. The number of hydrogen-bond donors (Lipinski definition) is 3. The van der Waals surface area contributed by atoms with Gasteiger partial charge >= 0.3 is 0 Å². The van der Waals surface area contributed by atoms with E-state index in [0.29, 0.717) is 18.5 Å². The molecule has 0 bridgehead atoms. The van der Waals surface area contributed by atoms with Crippen molar-refractivity contribution >= 4 is 23.4 Å². The fourth-order valence-corrected chi connectivity index (χ4v) is 1.73. The molecule has 2 aromatic rings. The van der Waals surface area contributed by atoms with Crippen LogP contribution in [0.5, 0.6) is 0 Å². The van der Waals surface area contributed by atoms with E-state index in [4.69, 9.17) is 15.6 Å². The maximum absolute atomic E-state index is 11.6. The van der Waals surface area contributed by atoms with Crippen molar-refractivity contribution in [3.63, 3.8) is 0 Å². The van der Waals surface area contributed by atoms with Gasteiger partial charge in [0.25, 0.3) is 5.56 Å². The molecule has 2 rings (SSSR count). The van der Waals surface area contributed by atoms with Gasteiger partial charge in [-0.2, -0.15) is 4.98 Å². The van der Waals surface area contributed by atoms with Gasteiger partial charge in [0.2, 0.25) is 5.95 Å². The Morgan fingerprint density at radius 1 is 1.60 bits per heavy atom. The molecule has 0 fully saturated rings. The number of anilines is 1. The van der Waals surface area contributed by atoms with Gasteiger partial charge in [0, 0.05) is 6.42 Å². The largest absolute Gasteiger partial charge is 0.394 e. The molecule has 0 saturated carbocycles. The monoisotopic (exact) mass is 281 g/mol. The van der Waals surface area contributed by atoms with Crippen molar-refractivity contribution in [1.29, 1.82) is 0 Å². The lowest BCUT2D eigenvalue weighted by molar-refractivity contribution is -0.109. The third kappa shape index (κ3) is 3.00. The molecule has 0 unspecified atom stereocenters. The molecule has 0 radical (unpaired) electrons. The highest BCUT2D eigenvalue weighted by atomic mass is 16.5. The Kier molecular flexibility index (Phi) is 4.43. The number of H-pyrrole nitrogens is 1. The topological polar surface area (TPSA) is 136 Å². The minimum absolute atomic E-state index is 0.0103. The van der Waals surface area contributed by atoms with Crippen LogP contribution in [0.4, 0.5) is 5.95 Å². The number of nitrogens with one attached hydrogen (secondary N) is 1. The molecule has 4 N–H and O–H groups in total. The van der Waals surface area contributed by atoms with Gasteiger partial charge in [0.15, 0.2) is 11.2 Å². The summed E-state index contributed by atoms with van der Waals surface area (Å²) >= 11 is 0. The summed E-state index contributed by atoms with van der Waals surface area (Å²) in [5, 5.41) is 9.13. The van der Waals surface area contributed by atoms with Crippen molar-refractivity contribution in [2.24, 2.45) is 0 Å². The summed E-state index contributed by atoms with van der Waals surface area (Å²) in [6.07, 6.45) is 2.43. The normalized spacial score (nSPS) is 12.7. The zero-order valence-corrected chi connectivity index (χ0v) is 10.7. The predicted octanol–water partition coefficient (Wildman–Crippen LogP) is -0.984. The van der Waals surface area contributed by atoms with E-state index in [1.807, 2.05) is 0 Å². The van der Waals surface area contributed by atoms with E-state index >= 15 is 0 Å². The number of nitrogens with two attached hydrogens (primary N) is 1. The minimum atomic E-state index is -0.461. The van der Waals surface area contributed by atoms with Crippen LogP contribution in [0.3, 0.4) is 0 Å². The SMILES string of the molecule is Nc1nc2c(ncn2CO[C@@H](CO)CCC=O)c(=O)[nH]1. The average Bonchev–Trinajstić information content (AvgIpc) is 2.82. The maximum Gasteiger partial charge on any atom is 0.280 e. The van der Waals surface area contributed by atoms with Crippen molar-refractivity contribution in [1.82, 2.24) is 19.5 Å². The Balaban J connectivity index is 2.13. The molecule has 108 valence electrons. The summed E-state index contributed by atoms with van der Waals surface area (Å²) in [4.78, 5) is 32.1. The van der Waals surface area contributed by atoms with Gasteiger partial charge in [0.05, 0.1) is 19.0 Å². The van der Waals surface area contributed by atoms with Crippen LogP contribution in [0.1, 0.15) is 12.8 Å². The van der Waals surface area contributed by atoms with Crippen molar-refractivity contribution in [3.8, 4) is 0 Å². The number of aliphatic hydroxyl groups is 1. The number of aldehydes is 1. The summed E-state index contributed by atoms with van der Waals surface area (Å²) in [7, 11) is 0. The van der Waals surface area contributed by atoms with Gasteiger partial charge in [-0.3, -0.25) is 14.3 Å². The molecule has 0 aliphatic heterocycles. The highest BCUT2D eigenvalue weighted by molar-refractivity contribution is 5.70. The van der Waals surface area contributed by atoms with Crippen LogP contribution in [0, 0.1) is 0 Å². The number of fused-ring (bicyclic) bond motifs is 1. The third-order valence-electron chi connectivity index (χ3n) is 2.75. The summed E-state index contributed by atoms with van der Waals surface area (Å²) in [6, 6.07) is 0. The molecule has 0 spiro atoms. The van der Waals surface area contributed by atoms with Gasteiger partial charge in [-0.25, -0.2) is 4.98 Å². The quantitative estimate of drug-likeness (QED) is 0.554. The Hall–Kier alpha value is -2.26. The molecular weight excluding hydrogens is 266 g/mol. The van der Waals surface area contributed by atoms with Crippen LogP contribution < -0.4 is 11.3 Å². The first-order valence-corrected chi connectivity index (χ1v) is 6.02. The molecule has 0 saturated heterocycles. The molecule has 0 aliphatic carbocycles. The van der Waals surface area contributed by atoms with Crippen molar-refractivity contribution < 1.29 is 14.6 Å². The van der Waals surface area contributed by atoms with Gasteiger partial charge in [-0.15, -0.1) is 0 Å². The number of hydrogen-bond acceptors (Lipinski definition) is 7. The average molecular weight is 281 g/mol. The third-order valence-corrected chi connectivity index (χ3v) is 2.75. The Morgan fingerprint density at radius 2 is 2.40 bits per heavy atom. The molecule has 0 amide bonds. The van der Waals surface area contributed by atoms with Gasteiger partial charge in [-0.1, -0.05) is 0 Å². The molecular formula is C11H15N5O4. The van der Waals surface area contributed by atoms with E-state index in [0.717, 1.165) is 6.29 Å². The summed E-state index contributed by atoms with van der Waals surface area (Å²) < 4.78 is 6.95. The number of ether oxygens (including phenoxy) is 1. The highest BCUT2D eigenvalue weighted by Crippen LogP contribution is 2.08. The zero-order chi connectivity index (χ0) is 14.5. The van der Waals surface area contributed by atoms with E-state index in [-0.39, 0.29) is 24.8 Å². The maximum atomic E-state index is 11.6. The standard InChI is InChI=1S/C11H15N5O4/c12-11-14-9-8(10(19)15-11)13-5-16(9)6-20-7(4-18)2-1-3-17/h3,5,7,18H,1-2,4,6H2,(H3,12,14,15,19)/t7-/m1/s1. The number of nitrogen functional groups attached to an aromatic ring is 1. The van der Waals surface area contributed by atoms with Gasteiger partial charge in [0.1, 0.15) is 13.0 Å². The molecule has 0 aromatic carbocycles. The van der Waals surface area contributed by atoms with Gasteiger partial charge < -0.3 is 20.4 Å². The lowest BCUT2D eigenvalue weighted by Crippen LogP contribution is -2.20. The van der Waals surface area contributed by atoms with E-state index in [1.54, 1.807) is 0 Å². The van der Waals surface area contributed by atoms with Crippen molar-refractivity contribution in [2.45, 2.75) is 25.7 Å². The number of nitrogens with zero attached hydrogens (tertiary/aromatic N) is 3. The van der Waals surface area contributed by atoms with E-state index in [2.05, 4.69) is 15.0 Å². The molecule has 1 atom stereocenters. The summed E-state index contributed by atoms with van der Waals surface area (Å²) in [5.41, 5.74) is 5.52. The van der Waals surface area contributed by atoms with Crippen LogP contribution in [-0.2, 0) is 16.3 Å². The van der Waals surface area contributed by atoms with Crippen molar-refractivity contribution in [2.75, 3.05) is 12.3 Å². The number of aliphatic hydroxyl groups excluding tert-OH is 1. The fraction of sp³-hybridized carbons (Fsp3) is 0.455. The first-order chi connectivity index (χ1) is 9.65.